The van der Waals surface area contributed by atoms with Crippen molar-refractivity contribution in [2.24, 2.45) is 0 Å². The number of nitrogens with zero attached hydrogens (tertiary/aromatic N) is 2. The molecule has 134 valence electrons. The van der Waals surface area contributed by atoms with Crippen LogP contribution in [0.5, 0.6) is 0 Å². The Kier molecular flexibility index (Phi) is 6.50. The molecule has 5 nitrogen and oxygen atoms in total. The third-order valence-corrected chi connectivity index (χ3v) is 5.32. The zero-order valence-electron chi connectivity index (χ0n) is 14.7. The third kappa shape index (κ3) is 5.59. The van der Waals surface area contributed by atoms with E-state index in [4.69, 9.17) is 4.42 Å². The number of hydrogen-bond acceptors (Lipinski definition) is 5. The molecule has 0 unspecified atom stereocenters. The number of benzene rings is 1. The normalized spacial score (nSPS) is 16.2. The molecule has 1 aromatic carbocycles. The summed E-state index contributed by atoms with van der Waals surface area (Å²) in [5.74, 6) is 0.847. The Morgan fingerprint density at radius 2 is 1.80 bits per heavy atom. The van der Waals surface area contributed by atoms with Crippen molar-refractivity contribution in [1.29, 1.82) is 0 Å². The SMILES string of the molecule is Cc1ccc(-c2nnc(SCC(=O)NC3CCCCCCC3)o2)cc1. The standard InChI is InChI=1S/C19H25N3O2S/c1-14-9-11-15(12-10-14)18-21-22-19(24-18)25-13-17(23)20-16-7-5-3-2-4-6-8-16/h9-12,16H,2-8,13H2,1H3,(H,20,23). The smallest absolute Gasteiger partial charge is 0.277 e. The largest absolute Gasteiger partial charge is 0.411 e. The van der Waals surface area contributed by atoms with E-state index in [1.165, 1.54) is 49.4 Å². The van der Waals surface area contributed by atoms with E-state index in [1.807, 2.05) is 31.2 Å². The highest BCUT2D eigenvalue weighted by Gasteiger charge is 2.15. The Labute approximate surface area is 153 Å². The van der Waals surface area contributed by atoms with Gasteiger partial charge in [0.25, 0.3) is 5.22 Å². The molecule has 0 spiro atoms. The minimum absolute atomic E-state index is 0.0469. The van der Waals surface area contributed by atoms with Gasteiger partial charge in [0, 0.05) is 11.6 Å². The highest BCUT2D eigenvalue weighted by molar-refractivity contribution is 7.99. The quantitative estimate of drug-likeness (QED) is 0.803. The second-order valence-corrected chi connectivity index (χ2v) is 7.56. The number of amides is 1. The lowest BCUT2D eigenvalue weighted by atomic mass is 9.97. The van der Waals surface area contributed by atoms with Crippen LogP contribution in [0.25, 0.3) is 11.5 Å². The second-order valence-electron chi connectivity index (χ2n) is 6.64. The summed E-state index contributed by atoms with van der Waals surface area (Å²) >= 11 is 1.29. The van der Waals surface area contributed by atoms with Crippen LogP contribution in [-0.4, -0.2) is 27.9 Å². The minimum atomic E-state index is 0.0469. The van der Waals surface area contributed by atoms with Gasteiger partial charge in [-0.3, -0.25) is 4.79 Å². The van der Waals surface area contributed by atoms with Crippen LogP contribution in [-0.2, 0) is 4.79 Å². The molecule has 0 aliphatic heterocycles. The number of nitrogens with one attached hydrogen (secondary N) is 1. The zero-order chi connectivity index (χ0) is 17.5. The van der Waals surface area contributed by atoms with E-state index in [9.17, 15) is 4.79 Å². The minimum Gasteiger partial charge on any atom is -0.411 e. The molecule has 0 atom stereocenters. The lowest BCUT2D eigenvalue weighted by Crippen LogP contribution is -2.36. The predicted molar refractivity (Wildman–Crippen MR) is 99.4 cm³/mol. The average Bonchev–Trinajstić information content (AvgIpc) is 3.05. The fraction of sp³-hybridized carbons (Fsp3) is 0.526. The van der Waals surface area contributed by atoms with Gasteiger partial charge in [-0.15, -0.1) is 10.2 Å². The van der Waals surface area contributed by atoms with Crippen LogP contribution >= 0.6 is 11.8 Å². The van der Waals surface area contributed by atoms with Crippen molar-refractivity contribution in [1.82, 2.24) is 15.5 Å². The highest BCUT2D eigenvalue weighted by Crippen LogP contribution is 2.23. The lowest BCUT2D eigenvalue weighted by molar-refractivity contribution is -0.119. The molecule has 1 aliphatic carbocycles. The van der Waals surface area contributed by atoms with Gasteiger partial charge in [-0.1, -0.05) is 61.6 Å². The molecule has 1 aliphatic rings. The first kappa shape index (κ1) is 18.0. The predicted octanol–water partition coefficient (Wildman–Crippen LogP) is 4.37. The lowest BCUT2D eigenvalue weighted by Gasteiger charge is -2.20. The number of aromatic nitrogens is 2. The molecule has 1 aromatic heterocycles. The molecule has 2 aromatic rings. The molecule has 0 saturated heterocycles. The Morgan fingerprint density at radius 3 is 2.52 bits per heavy atom. The molecule has 1 N–H and O–H groups in total. The van der Waals surface area contributed by atoms with Crippen molar-refractivity contribution in [3.05, 3.63) is 29.8 Å². The Balaban J connectivity index is 1.48. The van der Waals surface area contributed by atoms with Gasteiger partial charge in [0.1, 0.15) is 0 Å². The Hall–Kier alpha value is -1.82. The van der Waals surface area contributed by atoms with Crippen molar-refractivity contribution in [3.8, 4) is 11.5 Å². The topological polar surface area (TPSA) is 68.0 Å². The van der Waals surface area contributed by atoms with Crippen molar-refractivity contribution in [2.75, 3.05) is 5.75 Å². The number of aryl methyl sites for hydroxylation is 1. The van der Waals surface area contributed by atoms with E-state index in [1.54, 1.807) is 0 Å². The summed E-state index contributed by atoms with van der Waals surface area (Å²) in [6.45, 7) is 2.04. The van der Waals surface area contributed by atoms with Gasteiger partial charge in [0.15, 0.2) is 0 Å². The van der Waals surface area contributed by atoms with E-state index in [0.29, 0.717) is 22.9 Å². The van der Waals surface area contributed by atoms with E-state index in [0.717, 1.165) is 18.4 Å². The van der Waals surface area contributed by atoms with E-state index in [2.05, 4.69) is 15.5 Å². The third-order valence-electron chi connectivity index (χ3n) is 4.50. The molecular weight excluding hydrogens is 334 g/mol. The van der Waals surface area contributed by atoms with Crippen LogP contribution in [0.15, 0.2) is 33.9 Å². The zero-order valence-corrected chi connectivity index (χ0v) is 15.5. The molecular formula is C19H25N3O2S. The summed E-state index contributed by atoms with van der Waals surface area (Å²) in [6.07, 6.45) is 8.50. The molecule has 0 bridgehead atoms. The van der Waals surface area contributed by atoms with Gasteiger partial charge in [-0.05, 0) is 31.9 Å². The van der Waals surface area contributed by atoms with Gasteiger partial charge in [-0.25, -0.2) is 0 Å². The van der Waals surface area contributed by atoms with Crippen molar-refractivity contribution >= 4 is 17.7 Å². The molecule has 1 amide bonds. The molecule has 25 heavy (non-hydrogen) atoms. The van der Waals surface area contributed by atoms with E-state index >= 15 is 0 Å². The van der Waals surface area contributed by atoms with Gasteiger partial charge < -0.3 is 9.73 Å². The summed E-state index contributed by atoms with van der Waals surface area (Å²) in [4.78, 5) is 12.2. The van der Waals surface area contributed by atoms with Crippen LogP contribution in [0.1, 0.15) is 50.5 Å². The molecule has 1 fully saturated rings. The molecule has 1 heterocycles. The van der Waals surface area contributed by atoms with Crippen LogP contribution in [0.2, 0.25) is 0 Å². The number of hydrogen-bond donors (Lipinski definition) is 1. The van der Waals surface area contributed by atoms with Gasteiger partial charge in [0.05, 0.1) is 5.75 Å². The first-order chi connectivity index (χ1) is 12.2. The van der Waals surface area contributed by atoms with Gasteiger partial charge >= 0.3 is 0 Å². The Bertz CT molecular complexity index is 676. The maximum Gasteiger partial charge on any atom is 0.277 e. The maximum absolute atomic E-state index is 12.2. The van der Waals surface area contributed by atoms with Crippen molar-refractivity contribution in [2.45, 2.75) is 63.1 Å². The van der Waals surface area contributed by atoms with E-state index < -0.39 is 0 Å². The summed E-state index contributed by atoms with van der Waals surface area (Å²) in [5.41, 5.74) is 2.08. The molecule has 1 saturated carbocycles. The van der Waals surface area contributed by atoms with Crippen molar-refractivity contribution in [3.63, 3.8) is 0 Å². The summed E-state index contributed by atoms with van der Waals surface area (Å²) in [7, 11) is 0. The number of rotatable bonds is 5. The average molecular weight is 359 g/mol. The number of carbonyl (C=O) groups is 1. The summed E-state index contributed by atoms with van der Waals surface area (Å²) in [5, 5.41) is 11.7. The fourth-order valence-electron chi connectivity index (χ4n) is 3.08. The summed E-state index contributed by atoms with van der Waals surface area (Å²) in [6, 6.07) is 8.25. The summed E-state index contributed by atoms with van der Waals surface area (Å²) < 4.78 is 5.65. The second kappa shape index (κ2) is 9.04. The molecule has 0 radical (unpaired) electrons. The number of carbonyl (C=O) groups excluding carboxylic acids is 1. The van der Waals surface area contributed by atoms with Crippen LogP contribution in [0.3, 0.4) is 0 Å². The maximum atomic E-state index is 12.2. The van der Waals surface area contributed by atoms with Crippen LogP contribution < -0.4 is 5.32 Å². The fourth-order valence-corrected chi connectivity index (χ4v) is 3.65. The van der Waals surface area contributed by atoms with Crippen molar-refractivity contribution < 1.29 is 9.21 Å². The first-order valence-corrected chi connectivity index (χ1v) is 10.0. The highest BCUT2D eigenvalue weighted by atomic mass is 32.2. The first-order valence-electron chi connectivity index (χ1n) is 9.03. The number of thioether (sulfide) groups is 1. The molecule has 6 heteroatoms. The Morgan fingerprint density at radius 1 is 1.12 bits per heavy atom. The van der Waals surface area contributed by atoms with E-state index in [-0.39, 0.29) is 5.91 Å². The van der Waals surface area contributed by atoms with Crippen LogP contribution in [0, 0.1) is 6.92 Å². The van der Waals surface area contributed by atoms with Gasteiger partial charge in [0.2, 0.25) is 11.8 Å². The molecule has 3 rings (SSSR count). The van der Waals surface area contributed by atoms with Gasteiger partial charge in [-0.2, -0.15) is 0 Å². The monoisotopic (exact) mass is 359 g/mol. The van der Waals surface area contributed by atoms with Crippen LogP contribution in [0.4, 0.5) is 0 Å².